The van der Waals surface area contributed by atoms with E-state index in [0.717, 1.165) is 39.0 Å². The highest BCUT2D eigenvalue weighted by atomic mass is 15.1. The lowest BCUT2D eigenvalue weighted by Gasteiger charge is -2.13. The van der Waals surface area contributed by atoms with Crippen molar-refractivity contribution < 1.29 is 0 Å². The van der Waals surface area contributed by atoms with Crippen LogP contribution in [0.2, 0.25) is 0 Å². The summed E-state index contributed by atoms with van der Waals surface area (Å²) in [5.74, 6) is 0. The van der Waals surface area contributed by atoms with Crippen LogP contribution in [-0.4, -0.2) is 74.6 Å². The van der Waals surface area contributed by atoms with Crippen LogP contribution in [0.25, 0.3) is 11.1 Å². The smallest absolute Gasteiger partial charge is 0.000718 e. The lowest BCUT2D eigenvalue weighted by Crippen LogP contribution is -2.21. The van der Waals surface area contributed by atoms with E-state index in [-0.39, 0.29) is 7.43 Å². The first-order valence-electron chi connectivity index (χ1n) is 23.2. The summed E-state index contributed by atoms with van der Waals surface area (Å²) in [7, 11) is 4.22. The zero-order valence-corrected chi connectivity index (χ0v) is 41.8. The summed E-state index contributed by atoms with van der Waals surface area (Å²) in [6.45, 7) is 48.2. The molecular formula is C54H103N3. The highest BCUT2D eigenvalue weighted by molar-refractivity contribution is 6.05. The molecule has 3 aromatic carbocycles. The molecule has 5 rings (SSSR count). The Hall–Kier alpha value is -2.72. The van der Waals surface area contributed by atoms with Crippen LogP contribution in [0.5, 0.6) is 0 Å². The van der Waals surface area contributed by atoms with Crippen LogP contribution in [0.3, 0.4) is 0 Å². The normalized spacial score (nSPS) is 10.3. The van der Waals surface area contributed by atoms with Crippen LogP contribution < -0.4 is 0 Å². The molecule has 0 spiro atoms. The zero-order chi connectivity index (χ0) is 44.3. The number of fused-ring (bicyclic) bond motifs is 6. The third-order valence-electron chi connectivity index (χ3n) is 8.47. The van der Waals surface area contributed by atoms with Crippen molar-refractivity contribution in [3.05, 3.63) is 106 Å². The quantitative estimate of drug-likeness (QED) is 0.236. The molecule has 0 heterocycles. The Bertz CT molecular complexity index is 1210. The largest absolute Gasteiger partial charge is 0.307 e. The lowest BCUT2D eigenvalue weighted by atomic mass is 9.93. The fourth-order valence-corrected chi connectivity index (χ4v) is 5.11. The van der Waals surface area contributed by atoms with E-state index in [4.69, 9.17) is 0 Å². The molecule has 0 aromatic heterocycles. The van der Waals surface area contributed by atoms with Gasteiger partial charge in [-0.15, -0.1) is 0 Å². The van der Waals surface area contributed by atoms with Crippen molar-refractivity contribution in [1.82, 2.24) is 14.7 Å². The van der Waals surface area contributed by atoms with E-state index in [1.165, 1.54) is 83.4 Å². The summed E-state index contributed by atoms with van der Waals surface area (Å²) < 4.78 is 0. The van der Waals surface area contributed by atoms with E-state index in [1.807, 2.05) is 41.5 Å². The Morgan fingerprint density at radius 1 is 0.368 bits per heavy atom. The second kappa shape index (κ2) is 49.4. The predicted octanol–water partition coefficient (Wildman–Crippen LogP) is 16.3. The molecule has 2 aliphatic rings. The molecule has 0 bridgehead atoms. The molecular weight excluding hydrogens is 691 g/mol. The predicted molar refractivity (Wildman–Crippen MR) is 272 cm³/mol. The van der Waals surface area contributed by atoms with Crippen molar-refractivity contribution in [1.29, 1.82) is 0 Å². The fraction of sp³-hybridized carbons (Fsp3) is 0.630. The van der Waals surface area contributed by atoms with E-state index in [1.54, 1.807) is 0 Å². The van der Waals surface area contributed by atoms with Gasteiger partial charge in [0.15, 0.2) is 0 Å². The minimum Gasteiger partial charge on any atom is -0.307 e. The topological polar surface area (TPSA) is 9.72 Å². The Kier molecular flexibility index (Phi) is 57.3. The van der Waals surface area contributed by atoms with Gasteiger partial charge in [-0.3, -0.25) is 0 Å². The monoisotopic (exact) mass is 794 g/mol. The molecule has 0 N–H and O–H groups in total. The molecule has 3 nitrogen and oxygen atoms in total. The fourth-order valence-electron chi connectivity index (χ4n) is 5.11. The van der Waals surface area contributed by atoms with Gasteiger partial charge in [-0.05, 0) is 117 Å². The first-order valence-corrected chi connectivity index (χ1v) is 23.2. The molecule has 3 heteroatoms. The summed E-state index contributed by atoms with van der Waals surface area (Å²) >= 11 is 0. The average molecular weight is 794 g/mol. The summed E-state index contributed by atoms with van der Waals surface area (Å²) in [5, 5.41) is 0. The summed E-state index contributed by atoms with van der Waals surface area (Å²) in [4.78, 5) is 6.88. The van der Waals surface area contributed by atoms with Crippen molar-refractivity contribution >= 4 is 11.1 Å². The zero-order valence-electron chi connectivity index (χ0n) is 41.8. The highest BCUT2D eigenvalue weighted by Gasteiger charge is 2.28. The maximum atomic E-state index is 2.38. The van der Waals surface area contributed by atoms with E-state index in [2.05, 4.69) is 192 Å². The molecule has 57 heavy (non-hydrogen) atoms. The second-order valence-corrected chi connectivity index (χ2v) is 12.9. The molecule has 0 aliphatic heterocycles. The molecule has 0 atom stereocenters. The van der Waals surface area contributed by atoms with Gasteiger partial charge in [-0.25, -0.2) is 0 Å². The van der Waals surface area contributed by atoms with Crippen molar-refractivity contribution in [3.63, 3.8) is 0 Å². The van der Waals surface area contributed by atoms with Gasteiger partial charge in [0.05, 0.1) is 0 Å². The van der Waals surface area contributed by atoms with E-state index in [0.29, 0.717) is 0 Å². The first-order chi connectivity index (χ1) is 27.1. The molecule has 0 unspecified atom stereocenters. The van der Waals surface area contributed by atoms with Gasteiger partial charge in [-0.1, -0.05) is 231 Å². The van der Waals surface area contributed by atoms with Crippen LogP contribution in [-0.2, 0) is 12.8 Å². The Morgan fingerprint density at radius 3 is 0.860 bits per heavy atom. The maximum Gasteiger partial charge on any atom is -0.000718 e. The third kappa shape index (κ3) is 30.1. The molecule has 0 fully saturated rings. The van der Waals surface area contributed by atoms with Crippen molar-refractivity contribution in [2.24, 2.45) is 0 Å². The van der Waals surface area contributed by atoms with Gasteiger partial charge in [0.2, 0.25) is 0 Å². The summed E-state index contributed by atoms with van der Waals surface area (Å²) in [6.07, 6.45) is 5.83. The van der Waals surface area contributed by atoms with Crippen LogP contribution >= 0.6 is 0 Å². The lowest BCUT2D eigenvalue weighted by molar-refractivity contribution is 0.321. The number of hydrogen-bond donors (Lipinski definition) is 0. The van der Waals surface area contributed by atoms with Crippen molar-refractivity contribution in [2.45, 2.75) is 171 Å². The Morgan fingerprint density at radius 2 is 0.614 bits per heavy atom. The van der Waals surface area contributed by atoms with Gasteiger partial charge in [0.1, 0.15) is 0 Å². The molecule has 334 valence electrons. The number of nitrogens with zero attached hydrogens (tertiary/aromatic N) is 3. The van der Waals surface area contributed by atoms with E-state index < -0.39 is 0 Å². The van der Waals surface area contributed by atoms with Gasteiger partial charge in [-0.2, -0.15) is 0 Å². The van der Waals surface area contributed by atoms with Crippen LogP contribution in [0.4, 0.5) is 0 Å². The summed E-state index contributed by atoms with van der Waals surface area (Å²) in [6, 6.07) is 26.7. The highest BCUT2D eigenvalue weighted by Crippen LogP contribution is 2.46. The average Bonchev–Trinajstić information content (AvgIpc) is 3.58. The van der Waals surface area contributed by atoms with Crippen LogP contribution in [0, 0.1) is 0 Å². The molecule has 3 aromatic rings. The van der Waals surface area contributed by atoms with Gasteiger partial charge >= 0.3 is 0 Å². The van der Waals surface area contributed by atoms with E-state index >= 15 is 0 Å². The van der Waals surface area contributed by atoms with Crippen LogP contribution in [0.1, 0.15) is 192 Å². The summed E-state index contributed by atoms with van der Waals surface area (Å²) in [5.41, 5.74) is 11.6. The van der Waals surface area contributed by atoms with E-state index in [9.17, 15) is 0 Å². The van der Waals surface area contributed by atoms with Crippen molar-refractivity contribution in [3.8, 4) is 0 Å². The Balaban J connectivity index is -0.000000156. The number of allylic oxidation sites excluding steroid dienone is 1. The maximum absolute atomic E-state index is 2.38. The minimum atomic E-state index is 0. The third-order valence-corrected chi connectivity index (χ3v) is 8.47. The number of benzene rings is 3. The second-order valence-electron chi connectivity index (χ2n) is 12.9. The molecule has 0 saturated carbocycles. The van der Waals surface area contributed by atoms with Crippen molar-refractivity contribution in [2.75, 3.05) is 59.9 Å². The minimum absolute atomic E-state index is 0. The SMILES string of the molecule is C.CC.CC.CC.CCC.CCC.CCC.CCN(C)CC.CCN(C)CC.CCN(CC)CC.c1ccc2c(c1)Cc1ccccc1C1=C2Cc2ccccc21. The number of rotatable bonds is 7. The standard InChI is InChI=1S/C22H16.C6H15N.2C5H13N.3C3H8.3C2H6.CH4/c1-4-10-18-15(7-1)13-16-8-2-5-11-19(16)22-20-12-6-3-9-17(20)14-21(18)22;1-4-7(5-2)6-3;2*1-4-6(3)5-2;3*1-3-2;3*1-2;/h1-12H,13-14H2;4-6H2,1-3H3;2*4-5H2,1-3H3;3*3H2,1-2H3;3*1-2H3;1H4. The van der Waals surface area contributed by atoms with Crippen LogP contribution in [0.15, 0.2) is 72.8 Å². The Labute approximate surface area is 361 Å². The molecule has 0 radical (unpaired) electrons. The van der Waals surface area contributed by atoms with Gasteiger partial charge in [0.25, 0.3) is 0 Å². The molecule has 0 saturated heterocycles. The molecule has 2 aliphatic carbocycles. The van der Waals surface area contributed by atoms with Gasteiger partial charge in [0, 0.05) is 0 Å². The molecule has 0 amide bonds. The number of hydrogen-bond acceptors (Lipinski definition) is 3. The first kappa shape index (κ1) is 66.1. The van der Waals surface area contributed by atoms with Gasteiger partial charge < -0.3 is 14.7 Å².